The average Bonchev–Trinajstić information content (AvgIpc) is 3.00. The summed E-state index contributed by atoms with van der Waals surface area (Å²) in [5.41, 5.74) is 0.161. The lowest BCUT2D eigenvalue weighted by molar-refractivity contribution is -0.384. The first-order chi connectivity index (χ1) is 10.4. The van der Waals surface area contributed by atoms with Crippen molar-refractivity contribution in [2.45, 2.75) is 4.21 Å². The molecule has 0 amide bonds. The normalized spacial score (nSPS) is 11.1. The zero-order valence-electron chi connectivity index (χ0n) is 11.2. The second kappa shape index (κ2) is 6.73. The third kappa shape index (κ3) is 3.72. The highest BCUT2D eigenvalue weighted by Crippen LogP contribution is 2.30. The van der Waals surface area contributed by atoms with E-state index in [0.29, 0.717) is 5.69 Å². The first-order valence-corrected chi connectivity index (χ1v) is 8.50. The predicted molar refractivity (Wildman–Crippen MR) is 83.8 cm³/mol. The average molecular weight is 343 g/mol. The van der Waals surface area contributed by atoms with Gasteiger partial charge in [-0.05, 0) is 17.5 Å². The Labute approximate surface area is 130 Å². The van der Waals surface area contributed by atoms with Crippen molar-refractivity contribution < 1.29 is 18.4 Å². The van der Waals surface area contributed by atoms with Crippen LogP contribution < -0.4 is 10.0 Å². The van der Waals surface area contributed by atoms with Gasteiger partial charge in [0, 0.05) is 18.7 Å². The highest BCUT2D eigenvalue weighted by molar-refractivity contribution is 7.94. The van der Waals surface area contributed by atoms with E-state index in [-0.39, 0.29) is 28.7 Å². The van der Waals surface area contributed by atoms with Crippen molar-refractivity contribution in [3.05, 3.63) is 45.8 Å². The smallest absolute Gasteiger partial charge is 0.271 e. The number of hydrogen-bond donors (Lipinski definition) is 3. The predicted octanol–water partition coefficient (Wildman–Crippen LogP) is 1.86. The second-order valence-electron chi connectivity index (χ2n) is 4.17. The van der Waals surface area contributed by atoms with Crippen molar-refractivity contribution in [3.63, 3.8) is 0 Å². The molecule has 0 aliphatic rings. The topological polar surface area (TPSA) is 122 Å². The van der Waals surface area contributed by atoms with Gasteiger partial charge in [-0.25, -0.2) is 8.42 Å². The number of thiophene rings is 1. The van der Waals surface area contributed by atoms with E-state index in [1.54, 1.807) is 11.4 Å². The molecule has 0 aliphatic heterocycles. The van der Waals surface area contributed by atoms with Crippen LogP contribution in [0.4, 0.5) is 17.1 Å². The number of nitrogens with zero attached hydrogens (tertiary/aromatic N) is 1. The summed E-state index contributed by atoms with van der Waals surface area (Å²) in [7, 11) is -3.82. The molecule has 0 bridgehead atoms. The number of aliphatic hydroxyl groups is 1. The third-order valence-electron chi connectivity index (χ3n) is 2.65. The number of hydrogen-bond acceptors (Lipinski definition) is 7. The molecule has 1 heterocycles. The maximum Gasteiger partial charge on any atom is 0.271 e. The molecule has 8 nitrogen and oxygen atoms in total. The lowest BCUT2D eigenvalue weighted by Gasteiger charge is -2.13. The van der Waals surface area contributed by atoms with Gasteiger partial charge in [-0.3, -0.25) is 14.8 Å². The Balaban J connectivity index is 2.38. The van der Waals surface area contributed by atoms with E-state index in [4.69, 9.17) is 5.11 Å². The van der Waals surface area contributed by atoms with Crippen LogP contribution in [-0.2, 0) is 10.0 Å². The molecule has 0 fully saturated rings. The fourth-order valence-electron chi connectivity index (χ4n) is 1.69. The molecule has 3 N–H and O–H groups in total. The molecule has 0 saturated heterocycles. The number of benzene rings is 1. The second-order valence-corrected chi connectivity index (χ2v) is 7.03. The summed E-state index contributed by atoms with van der Waals surface area (Å²) in [5, 5.41) is 24.1. The molecule has 0 spiro atoms. The van der Waals surface area contributed by atoms with Crippen LogP contribution in [0.25, 0.3) is 0 Å². The Bertz CT molecular complexity index is 759. The van der Waals surface area contributed by atoms with Gasteiger partial charge >= 0.3 is 0 Å². The van der Waals surface area contributed by atoms with Gasteiger partial charge in [-0.1, -0.05) is 6.07 Å². The molecule has 0 unspecified atom stereocenters. The van der Waals surface area contributed by atoms with Crippen LogP contribution in [0.1, 0.15) is 0 Å². The molecule has 2 rings (SSSR count). The van der Waals surface area contributed by atoms with Gasteiger partial charge in [0.05, 0.1) is 22.9 Å². The summed E-state index contributed by atoms with van der Waals surface area (Å²) in [5.74, 6) is 0. The number of nitro benzene ring substituents is 1. The van der Waals surface area contributed by atoms with Crippen molar-refractivity contribution in [2.75, 3.05) is 23.2 Å². The van der Waals surface area contributed by atoms with E-state index in [1.165, 1.54) is 18.2 Å². The molecule has 0 aliphatic carbocycles. The number of nitrogens with one attached hydrogen (secondary N) is 2. The lowest BCUT2D eigenvalue weighted by Crippen LogP contribution is -2.14. The number of nitro groups is 1. The van der Waals surface area contributed by atoms with Crippen molar-refractivity contribution in [1.29, 1.82) is 0 Å². The fraction of sp³-hybridized carbons (Fsp3) is 0.167. The van der Waals surface area contributed by atoms with E-state index >= 15 is 0 Å². The first-order valence-electron chi connectivity index (χ1n) is 6.13. The minimum absolute atomic E-state index is 0.0519. The molecule has 22 heavy (non-hydrogen) atoms. The number of rotatable bonds is 7. The van der Waals surface area contributed by atoms with Crippen molar-refractivity contribution in [1.82, 2.24) is 0 Å². The SMILES string of the molecule is O=[N+]([O-])c1ccc(NCCO)c(NS(=O)(=O)c2cccs2)c1. The Hall–Kier alpha value is -2.17. The molecular formula is C12H13N3O5S2. The van der Waals surface area contributed by atoms with Gasteiger partial charge in [-0.2, -0.15) is 0 Å². The summed E-state index contributed by atoms with van der Waals surface area (Å²) in [6.45, 7) is 0.0274. The van der Waals surface area contributed by atoms with Crippen LogP contribution in [-0.4, -0.2) is 31.6 Å². The molecule has 2 aromatic rings. The number of anilines is 2. The Morgan fingerprint density at radius 3 is 2.64 bits per heavy atom. The molecule has 0 atom stereocenters. The van der Waals surface area contributed by atoms with Crippen LogP contribution in [0.15, 0.2) is 39.9 Å². The quantitative estimate of drug-likeness (QED) is 0.521. The summed E-state index contributed by atoms with van der Waals surface area (Å²) < 4.78 is 26.9. The van der Waals surface area contributed by atoms with Crippen molar-refractivity contribution in [2.24, 2.45) is 0 Å². The number of aliphatic hydroxyl groups excluding tert-OH is 1. The zero-order valence-corrected chi connectivity index (χ0v) is 12.9. The van der Waals surface area contributed by atoms with Crippen molar-refractivity contribution in [3.8, 4) is 0 Å². The van der Waals surface area contributed by atoms with Crippen LogP contribution in [0, 0.1) is 10.1 Å². The largest absolute Gasteiger partial charge is 0.395 e. The summed E-state index contributed by atoms with van der Waals surface area (Å²) in [4.78, 5) is 10.2. The maximum absolute atomic E-state index is 12.2. The van der Waals surface area contributed by atoms with E-state index in [9.17, 15) is 18.5 Å². The van der Waals surface area contributed by atoms with Gasteiger partial charge in [-0.15, -0.1) is 11.3 Å². The minimum atomic E-state index is -3.82. The van der Waals surface area contributed by atoms with Crippen LogP contribution >= 0.6 is 11.3 Å². The Morgan fingerprint density at radius 2 is 2.05 bits per heavy atom. The highest BCUT2D eigenvalue weighted by atomic mass is 32.2. The third-order valence-corrected chi connectivity index (χ3v) is 5.41. The Morgan fingerprint density at radius 1 is 1.27 bits per heavy atom. The molecule has 118 valence electrons. The monoisotopic (exact) mass is 343 g/mol. The van der Waals surface area contributed by atoms with Gasteiger partial charge < -0.3 is 10.4 Å². The molecule has 0 saturated carbocycles. The van der Waals surface area contributed by atoms with E-state index in [2.05, 4.69) is 10.0 Å². The zero-order chi connectivity index (χ0) is 16.2. The standard InChI is InChI=1S/C12H13N3O5S2/c16-6-5-13-10-4-3-9(15(17)18)8-11(10)14-22(19,20)12-2-1-7-21-12/h1-4,7-8,13-14,16H,5-6H2. The lowest BCUT2D eigenvalue weighted by atomic mass is 10.2. The first kappa shape index (κ1) is 16.2. The summed E-state index contributed by atoms with van der Waals surface area (Å²) in [6, 6.07) is 6.80. The van der Waals surface area contributed by atoms with Crippen molar-refractivity contribution >= 4 is 38.4 Å². The summed E-state index contributed by atoms with van der Waals surface area (Å²) in [6.07, 6.45) is 0. The van der Waals surface area contributed by atoms with Gasteiger partial charge in [0.15, 0.2) is 0 Å². The molecular weight excluding hydrogens is 330 g/mol. The molecule has 1 aromatic heterocycles. The van der Waals surface area contributed by atoms with Gasteiger partial charge in [0.2, 0.25) is 0 Å². The van der Waals surface area contributed by atoms with Gasteiger partial charge in [0.25, 0.3) is 15.7 Å². The number of non-ortho nitro benzene ring substituents is 1. The van der Waals surface area contributed by atoms with Crippen LogP contribution in [0.2, 0.25) is 0 Å². The van der Waals surface area contributed by atoms with E-state index in [0.717, 1.165) is 17.4 Å². The van der Waals surface area contributed by atoms with E-state index < -0.39 is 14.9 Å². The number of sulfonamides is 1. The fourth-order valence-corrected chi connectivity index (χ4v) is 3.75. The van der Waals surface area contributed by atoms with Gasteiger partial charge in [0.1, 0.15) is 4.21 Å². The molecule has 0 radical (unpaired) electrons. The Kier molecular flexibility index (Phi) is 4.96. The van der Waals surface area contributed by atoms with Crippen LogP contribution in [0.5, 0.6) is 0 Å². The van der Waals surface area contributed by atoms with Crippen LogP contribution in [0.3, 0.4) is 0 Å². The minimum Gasteiger partial charge on any atom is -0.395 e. The summed E-state index contributed by atoms with van der Waals surface area (Å²) >= 11 is 1.04. The highest BCUT2D eigenvalue weighted by Gasteiger charge is 2.19. The van der Waals surface area contributed by atoms with E-state index in [1.807, 2.05) is 0 Å². The molecule has 10 heteroatoms. The maximum atomic E-state index is 12.2. The molecule has 1 aromatic carbocycles.